The first-order chi connectivity index (χ1) is 46.3. The fourth-order valence-electron chi connectivity index (χ4n) is 15.9. The van der Waals surface area contributed by atoms with E-state index in [0.29, 0.717) is 0 Å². The molecule has 0 atom stereocenters. The van der Waals surface area contributed by atoms with E-state index in [1.165, 1.54) is 43.5 Å². The number of anilines is 6. The Morgan fingerprint density at radius 1 is 0.287 bits per heavy atom. The molecule has 16 aromatic rings. The summed E-state index contributed by atoms with van der Waals surface area (Å²) < 4.78 is 12.4. The number of hydrogen-bond acceptors (Lipinski definition) is 3. The van der Waals surface area contributed by atoms with Crippen LogP contribution in [-0.4, -0.2) is 15.8 Å². The predicted octanol–water partition coefficient (Wildman–Crippen LogP) is 21.7. The Balaban J connectivity index is 1.05. The van der Waals surface area contributed by atoms with Gasteiger partial charge in [-0.2, -0.15) is 0 Å². The molecule has 2 aromatic heterocycles. The summed E-state index contributed by atoms with van der Waals surface area (Å²) in [6.45, 7) is 6.80. The van der Waals surface area contributed by atoms with Crippen LogP contribution < -0.4 is 30.9 Å². The van der Waals surface area contributed by atoms with Crippen molar-refractivity contribution in [2.45, 2.75) is 26.2 Å². The number of hydrogen-bond donors (Lipinski definition) is 0. The maximum atomic E-state index is 7.43. The lowest BCUT2D eigenvalue weighted by molar-refractivity contribution is 0.486. The summed E-state index contributed by atoms with van der Waals surface area (Å²) in [5.41, 5.74) is 28.9. The summed E-state index contributed by atoms with van der Waals surface area (Å²) in [6, 6.07) is 117. The molecule has 0 unspecified atom stereocenters. The lowest BCUT2D eigenvalue weighted by Gasteiger charge is -2.47. The van der Waals surface area contributed by atoms with Gasteiger partial charge in [-0.25, -0.2) is 0 Å². The molecule has 442 valence electrons. The molecule has 0 bridgehead atoms. The molecule has 0 amide bonds. The molecule has 0 aliphatic carbocycles. The smallest absolute Gasteiger partial charge is 0.252 e. The number of fused-ring (bicyclic) bond motifs is 16. The summed E-state index contributed by atoms with van der Waals surface area (Å²) in [4.78, 5) is 5.39. The van der Waals surface area contributed by atoms with Gasteiger partial charge < -0.3 is 23.7 Å². The summed E-state index contributed by atoms with van der Waals surface area (Å²) in [5.74, 6) is 1.59. The van der Waals surface area contributed by atoms with E-state index in [0.717, 1.165) is 135 Å². The lowest BCUT2D eigenvalue weighted by atomic mass is 9.33. The molecule has 0 fully saturated rings. The van der Waals surface area contributed by atoms with Crippen molar-refractivity contribution < 1.29 is 4.74 Å². The molecule has 3 aliphatic heterocycles. The minimum atomic E-state index is -0.289. The number of aromatic nitrogens is 2. The highest BCUT2D eigenvalue weighted by Gasteiger charge is 2.47. The first kappa shape index (κ1) is 53.9. The Morgan fingerprint density at radius 3 is 1.18 bits per heavy atom. The Hall–Kier alpha value is -11.9. The Bertz CT molecular complexity index is 5620. The number of rotatable bonds is 6. The topological polar surface area (TPSA) is 25.6 Å². The van der Waals surface area contributed by atoms with Crippen molar-refractivity contribution in [3.8, 4) is 78.5 Å². The summed E-state index contributed by atoms with van der Waals surface area (Å²) in [7, 11) is 0. The molecule has 94 heavy (non-hydrogen) atoms. The van der Waals surface area contributed by atoms with E-state index < -0.39 is 0 Å². The molecule has 0 N–H and O–H groups in total. The van der Waals surface area contributed by atoms with Crippen LogP contribution in [0.25, 0.3) is 111 Å². The van der Waals surface area contributed by atoms with Crippen molar-refractivity contribution in [3.05, 3.63) is 321 Å². The van der Waals surface area contributed by atoms with Gasteiger partial charge in [0.15, 0.2) is 0 Å². The quantitative estimate of drug-likeness (QED) is 0.155. The average molecular weight is 1200 g/mol. The van der Waals surface area contributed by atoms with Crippen molar-refractivity contribution in [3.63, 3.8) is 0 Å². The van der Waals surface area contributed by atoms with E-state index in [2.05, 4.69) is 355 Å². The molecule has 5 nitrogen and oxygen atoms in total. The van der Waals surface area contributed by atoms with Crippen molar-refractivity contribution in [2.75, 3.05) is 9.80 Å². The second kappa shape index (κ2) is 20.8. The number of benzene rings is 14. The Kier molecular flexibility index (Phi) is 12.0. The van der Waals surface area contributed by atoms with Crippen molar-refractivity contribution >= 4 is 101 Å². The third kappa shape index (κ3) is 8.09. The molecule has 0 radical (unpaired) electrons. The zero-order chi connectivity index (χ0) is 62.3. The van der Waals surface area contributed by atoms with Crippen LogP contribution in [0.1, 0.15) is 26.3 Å². The Morgan fingerprint density at radius 2 is 0.681 bits per heavy atom. The van der Waals surface area contributed by atoms with E-state index in [1.54, 1.807) is 0 Å². The van der Waals surface area contributed by atoms with Gasteiger partial charge in [-0.05, 0) is 111 Å². The number of para-hydroxylation sites is 8. The number of ether oxygens (including phenoxy) is 1. The van der Waals surface area contributed by atoms with Crippen LogP contribution in [0.3, 0.4) is 0 Å². The monoisotopic (exact) mass is 1200 g/mol. The Labute approximate surface area is 547 Å². The van der Waals surface area contributed by atoms with E-state index in [4.69, 9.17) is 4.74 Å². The van der Waals surface area contributed by atoms with Crippen molar-refractivity contribution in [2.24, 2.45) is 0 Å². The predicted molar refractivity (Wildman–Crippen MR) is 395 cm³/mol. The second-order valence-electron chi connectivity index (χ2n) is 26.3. The second-order valence-corrected chi connectivity index (χ2v) is 26.3. The van der Waals surface area contributed by atoms with Gasteiger partial charge in [0, 0.05) is 88.9 Å². The van der Waals surface area contributed by atoms with Gasteiger partial charge >= 0.3 is 0 Å². The third-order valence-electron chi connectivity index (χ3n) is 20.0. The summed E-state index contributed by atoms with van der Waals surface area (Å²) >= 11 is 0. The highest BCUT2D eigenvalue weighted by atomic mass is 16.5. The van der Waals surface area contributed by atoms with Gasteiger partial charge in [-0.3, -0.25) is 0 Å². The van der Waals surface area contributed by atoms with Crippen molar-refractivity contribution in [1.82, 2.24) is 9.13 Å². The molecule has 0 spiro atoms. The minimum absolute atomic E-state index is 0.270. The average Bonchev–Trinajstić information content (AvgIpc) is 0.950. The van der Waals surface area contributed by atoms with Crippen LogP contribution in [0.5, 0.6) is 11.5 Å². The molecule has 5 heterocycles. The summed E-state index contributed by atoms with van der Waals surface area (Å²) in [6.07, 6.45) is 0. The van der Waals surface area contributed by atoms with Crippen LogP contribution >= 0.6 is 0 Å². The van der Waals surface area contributed by atoms with Gasteiger partial charge in [-0.15, -0.1) is 0 Å². The minimum Gasteiger partial charge on any atom is -0.456 e. The molecule has 3 aliphatic rings. The van der Waals surface area contributed by atoms with E-state index in [1.807, 2.05) is 0 Å². The fourth-order valence-corrected chi connectivity index (χ4v) is 15.9. The first-order valence-electron chi connectivity index (χ1n) is 32.7. The maximum absolute atomic E-state index is 7.43. The van der Waals surface area contributed by atoms with Crippen LogP contribution in [0.15, 0.2) is 315 Å². The maximum Gasteiger partial charge on any atom is 0.252 e. The zero-order valence-electron chi connectivity index (χ0n) is 52.3. The van der Waals surface area contributed by atoms with Crippen molar-refractivity contribution in [1.29, 1.82) is 0 Å². The molecular formula is C88H61BN4O. The van der Waals surface area contributed by atoms with Gasteiger partial charge in [0.2, 0.25) is 0 Å². The molecule has 14 aromatic carbocycles. The van der Waals surface area contributed by atoms with Crippen LogP contribution in [0, 0.1) is 0 Å². The van der Waals surface area contributed by atoms with Gasteiger partial charge in [0.05, 0.1) is 39.1 Å². The zero-order valence-corrected chi connectivity index (χ0v) is 52.3. The van der Waals surface area contributed by atoms with Crippen LogP contribution in [0.2, 0.25) is 0 Å². The van der Waals surface area contributed by atoms with Crippen LogP contribution in [0.4, 0.5) is 34.1 Å². The highest BCUT2D eigenvalue weighted by Crippen LogP contribution is 2.57. The molecule has 19 rings (SSSR count). The van der Waals surface area contributed by atoms with E-state index in [-0.39, 0.29) is 12.1 Å². The van der Waals surface area contributed by atoms with Gasteiger partial charge in [0.25, 0.3) is 6.71 Å². The van der Waals surface area contributed by atoms with E-state index >= 15 is 0 Å². The molecule has 6 heteroatoms. The highest BCUT2D eigenvalue weighted by molar-refractivity contribution is 7.00. The third-order valence-corrected chi connectivity index (χ3v) is 20.0. The summed E-state index contributed by atoms with van der Waals surface area (Å²) in [5, 5.41) is 4.84. The molecule has 0 saturated carbocycles. The van der Waals surface area contributed by atoms with Gasteiger partial charge in [-0.1, -0.05) is 269 Å². The molecular weight excluding hydrogens is 1140 g/mol. The molecule has 0 saturated heterocycles. The largest absolute Gasteiger partial charge is 0.456 e. The first-order valence-corrected chi connectivity index (χ1v) is 32.7. The van der Waals surface area contributed by atoms with Gasteiger partial charge in [0.1, 0.15) is 11.5 Å². The van der Waals surface area contributed by atoms with E-state index in [9.17, 15) is 0 Å². The normalized spacial score (nSPS) is 12.9. The van der Waals surface area contributed by atoms with Crippen LogP contribution in [-0.2, 0) is 5.41 Å². The number of nitrogens with zero attached hydrogens (tertiary/aromatic N) is 4. The fraction of sp³-hybridized carbons (Fsp3) is 0.0455. The lowest BCUT2D eigenvalue weighted by Crippen LogP contribution is -2.62. The SMILES string of the molecule is CC(C)(C)c1cc2c3c(c1)-c1ccccc1Oc1ccccc1-c1cccc(-c4ccccc4)c1N3c1cc(-n3c4ccccc4c4ccccc43)cc3c1B2c1ccc(-n2c4ccccc4c4ccccc42)cc1N3c1c(-c2ccccc2)cccc1-c1ccccc1. The standard InChI is InChI=1S/C88H61BN4O/c1-88(2,3)59-51-72-70-38-18-24-48-83(70)94-82-47-23-17-37-69(82)71-42-26-41-64(58-31-11-6-12-32-58)86(71)93-81-55-61(91-77-45-21-15-35-67(77)68-36-16-22-46-78(68)91)54-80-84(81)89(74(52-59)87(72)93)73-50-49-60(90-75-43-19-13-33-65(75)66-34-14-20-44-76(66)90)53-79(73)92(80)85-62(56-27-7-4-8-28-56)39-25-40-63(85)57-29-9-5-10-30-57/h4-55H,1-3H3.